The van der Waals surface area contributed by atoms with Crippen molar-refractivity contribution in [2.24, 2.45) is 5.73 Å². The Morgan fingerprint density at radius 2 is 1.79 bits per heavy atom. The number of rotatable bonds is 6. The molecule has 2 heterocycles. The van der Waals surface area contributed by atoms with Crippen LogP contribution in [0, 0.1) is 0 Å². The second kappa shape index (κ2) is 9.99. The van der Waals surface area contributed by atoms with E-state index in [2.05, 4.69) is 25.5 Å². The highest BCUT2D eigenvalue weighted by atomic mass is 16.2. The lowest BCUT2D eigenvalue weighted by molar-refractivity contribution is 0.0996. The molecule has 1 atom stereocenters. The minimum absolute atomic E-state index is 0.0411. The normalized spacial score (nSPS) is 15.5. The number of hydrogen-bond acceptors (Lipinski definition) is 6. The zero-order chi connectivity index (χ0) is 23.2. The van der Waals surface area contributed by atoms with Crippen molar-refractivity contribution in [3.63, 3.8) is 0 Å². The van der Waals surface area contributed by atoms with Crippen molar-refractivity contribution in [3.8, 4) is 0 Å². The number of aromatic nitrogens is 2. The number of amides is 3. The number of piperidine rings is 1. The van der Waals surface area contributed by atoms with Crippen LogP contribution >= 0.6 is 0 Å². The average molecular weight is 446 g/mol. The van der Waals surface area contributed by atoms with E-state index in [9.17, 15) is 9.59 Å². The fourth-order valence-corrected chi connectivity index (χ4v) is 3.80. The molecule has 4 N–H and O–H groups in total. The zero-order valence-corrected chi connectivity index (χ0v) is 18.4. The third kappa shape index (κ3) is 5.38. The van der Waals surface area contributed by atoms with Gasteiger partial charge in [0.05, 0.1) is 6.20 Å². The molecule has 9 heteroatoms. The molecule has 2 aromatic carbocycles. The van der Waals surface area contributed by atoms with E-state index >= 15 is 0 Å². The van der Waals surface area contributed by atoms with Crippen LogP contribution in [0.15, 0.2) is 66.9 Å². The Morgan fingerprint density at radius 1 is 1.09 bits per heavy atom. The topological polar surface area (TPSA) is 116 Å². The van der Waals surface area contributed by atoms with Gasteiger partial charge in [-0.2, -0.15) is 0 Å². The minimum atomic E-state index is -0.653. The number of nitrogens with zero attached hydrogens (tertiary/aromatic N) is 4. The molecule has 0 aliphatic carbocycles. The van der Waals surface area contributed by atoms with Crippen LogP contribution in [0.25, 0.3) is 0 Å². The van der Waals surface area contributed by atoms with E-state index < -0.39 is 5.91 Å². The van der Waals surface area contributed by atoms with Gasteiger partial charge in [0.15, 0.2) is 11.5 Å². The number of benzene rings is 2. The zero-order valence-electron chi connectivity index (χ0n) is 18.4. The molecule has 0 spiro atoms. The van der Waals surface area contributed by atoms with Gasteiger partial charge in [0.2, 0.25) is 0 Å². The van der Waals surface area contributed by atoms with Crippen molar-refractivity contribution in [3.05, 3.63) is 72.6 Å². The van der Waals surface area contributed by atoms with Crippen molar-refractivity contribution in [1.29, 1.82) is 0 Å². The van der Waals surface area contributed by atoms with Crippen LogP contribution in [-0.2, 0) is 0 Å². The first-order valence-electron chi connectivity index (χ1n) is 10.8. The van der Waals surface area contributed by atoms with Crippen molar-refractivity contribution in [2.45, 2.75) is 18.9 Å². The number of carbonyl (C=O) groups excluding carboxylic acids is 2. The molecule has 1 fully saturated rings. The Balaban J connectivity index is 1.47. The lowest BCUT2D eigenvalue weighted by Gasteiger charge is -2.34. The fraction of sp³-hybridized carbons (Fsp3) is 0.250. The van der Waals surface area contributed by atoms with Crippen molar-refractivity contribution in [2.75, 3.05) is 35.3 Å². The predicted octanol–water partition coefficient (Wildman–Crippen LogP) is 3.13. The maximum Gasteiger partial charge on any atom is 0.321 e. The molecule has 1 aliphatic rings. The molecule has 1 aliphatic heterocycles. The van der Waals surface area contributed by atoms with E-state index in [1.165, 1.54) is 0 Å². The summed E-state index contributed by atoms with van der Waals surface area (Å²) in [6, 6.07) is 18.7. The summed E-state index contributed by atoms with van der Waals surface area (Å²) in [4.78, 5) is 37.2. The highest BCUT2D eigenvalue weighted by molar-refractivity contribution is 5.96. The largest absolute Gasteiger partial charge is 0.364 e. The molecule has 1 unspecified atom stereocenters. The highest BCUT2D eigenvalue weighted by Crippen LogP contribution is 2.23. The Labute approximate surface area is 192 Å². The van der Waals surface area contributed by atoms with Crippen LogP contribution in [-0.4, -0.2) is 48.1 Å². The molecule has 0 bridgehead atoms. The minimum Gasteiger partial charge on any atom is -0.364 e. The fourth-order valence-electron chi connectivity index (χ4n) is 3.80. The van der Waals surface area contributed by atoms with Crippen molar-refractivity contribution in [1.82, 2.24) is 15.3 Å². The van der Waals surface area contributed by atoms with Gasteiger partial charge in [-0.25, -0.2) is 14.8 Å². The van der Waals surface area contributed by atoms with E-state index in [0.717, 1.165) is 30.8 Å². The number of urea groups is 1. The molecule has 3 amide bonds. The van der Waals surface area contributed by atoms with E-state index in [1.807, 2.05) is 60.7 Å². The number of nitrogens with one attached hydrogen (secondary N) is 2. The molecule has 1 saturated heterocycles. The van der Waals surface area contributed by atoms with E-state index in [0.29, 0.717) is 18.2 Å². The van der Waals surface area contributed by atoms with Gasteiger partial charge in [0.1, 0.15) is 5.82 Å². The average Bonchev–Trinajstić information content (AvgIpc) is 2.84. The quantitative estimate of drug-likeness (QED) is 0.537. The number of para-hydroxylation sites is 2. The van der Waals surface area contributed by atoms with Crippen LogP contribution in [0.5, 0.6) is 0 Å². The summed E-state index contributed by atoms with van der Waals surface area (Å²) < 4.78 is 0. The number of hydrogen-bond donors (Lipinski definition) is 3. The van der Waals surface area contributed by atoms with Crippen LogP contribution in [0.3, 0.4) is 0 Å². The number of nitrogens with two attached hydrogens (primary N) is 1. The van der Waals surface area contributed by atoms with Gasteiger partial charge in [-0.1, -0.05) is 36.4 Å². The number of carbonyl (C=O) groups is 2. The molecular weight excluding hydrogens is 418 g/mol. The Kier molecular flexibility index (Phi) is 6.68. The number of primary amides is 1. The molecule has 1 aromatic heterocycles. The van der Waals surface area contributed by atoms with E-state index in [1.54, 1.807) is 18.1 Å². The Hall–Kier alpha value is -4.14. The third-order valence-electron chi connectivity index (χ3n) is 5.55. The van der Waals surface area contributed by atoms with Gasteiger partial charge < -0.3 is 21.3 Å². The summed E-state index contributed by atoms with van der Waals surface area (Å²) in [7, 11) is 1.75. The van der Waals surface area contributed by atoms with E-state index in [4.69, 9.17) is 5.73 Å². The first-order valence-corrected chi connectivity index (χ1v) is 10.8. The number of anilines is 4. The molecule has 9 nitrogen and oxygen atoms in total. The summed E-state index contributed by atoms with van der Waals surface area (Å²) >= 11 is 0. The Bertz CT molecular complexity index is 1110. The third-order valence-corrected chi connectivity index (χ3v) is 5.55. The first kappa shape index (κ1) is 22.1. The monoisotopic (exact) mass is 445 g/mol. The van der Waals surface area contributed by atoms with Gasteiger partial charge in [0, 0.05) is 37.6 Å². The van der Waals surface area contributed by atoms with Gasteiger partial charge in [-0.05, 0) is 37.1 Å². The van der Waals surface area contributed by atoms with Crippen molar-refractivity contribution >= 4 is 34.9 Å². The Morgan fingerprint density at radius 3 is 2.48 bits per heavy atom. The van der Waals surface area contributed by atoms with Crippen LogP contribution in [0.2, 0.25) is 0 Å². The standard InChI is InChI=1S/C24H27N7O2/c1-30(19-12-6-3-7-13-19)24(33)28-18-11-8-14-31(16-18)20-15-26-21(22(25)32)23(29-20)27-17-9-4-2-5-10-17/h2-7,9-10,12-13,15,18H,8,11,14,16H2,1H3,(H2,25,32)(H,27,29)(H,28,33). The molecule has 0 radical (unpaired) electrons. The highest BCUT2D eigenvalue weighted by Gasteiger charge is 2.25. The maximum atomic E-state index is 12.7. The smallest absolute Gasteiger partial charge is 0.321 e. The molecule has 33 heavy (non-hydrogen) atoms. The summed E-state index contributed by atoms with van der Waals surface area (Å²) in [5, 5.41) is 6.24. The van der Waals surface area contributed by atoms with Crippen LogP contribution in [0.4, 0.5) is 27.8 Å². The predicted molar refractivity (Wildman–Crippen MR) is 129 cm³/mol. The van der Waals surface area contributed by atoms with Crippen molar-refractivity contribution < 1.29 is 9.59 Å². The summed E-state index contributed by atoms with van der Waals surface area (Å²) in [5.41, 5.74) is 7.18. The second-order valence-electron chi connectivity index (χ2n) is 7.91. The van der Waals surface area contributed by atoms with Gasteiger partial charge in [-0.3, -0.25) is 9.69 Å². The summed E-state index contributed by atoms with van der Waals surface area (Å²) in [5.74, 6) is 0.273. The summed E-state index contributed by atoms with van der Waals surface area (Å²) in [6.45, 7) is 1.36. The van der Waals surface area contributed by atoms with Gasteiger partial charge in [0.25, 0.3) is 5.91 Å². The van der Waals surface area contributed by atoms with Gasteiger partial charge in [-0.15, -0.1) is 0 Å². The maximum absolute atomic E-state index is 12.7. The first-order chi connectivity index (χ1) is 16.0. The SMILES string of the molecule is CN(C(=O)NC1CCCN(c2cnc(C(N)=O)c(Nc3ccccc3)n2)C1)c1ccccc1. The van der Waals surface area contributed by atoms with Gasteiger partial charge >= 0.3 is 6.03 Å². The van der Waals surface area contributed by atoms with Crippen LogP contribution in [0.1, 0.15) is 23.3 Å². The van der Waals surface area contributed by atoms with E-state index in [-0.39, 0.29) is 17.8 Å². The summed E-state index contributed by atoms with van der Waals surface area (Å²) in [6.07, 6.45) is 3.31. The lowest BCUT2D eigenvalue weighted by atomic mass is 10.1. The molecule has 4 rings (SSSR count). The lowest BCUT2D eigenvalue weighted by Crippen LogP contribution is -2.51. The second-order valence-corrected chi connectivity index (χ2v) is 7.91. The molecular formula is C24H27N7O2. The van der Waals surface area contributed by atoms with Crippen LogP contribution < -0.4 is 26.2 Å². The molecule has 3 aromatic rings. The molecule has 170 valence electrons. The molecule has 0 saturated carbocycles.